The number of benzene rings is 1. The Morgan fingerprint density at radius 1 is 1.20 bits per heavy atom. The van der Waals surface area contributed by atoms with E-state index in [0.29, 0.717) is 5.92 Å². The molecule has 110 valence electrons. The van der Waals surface area contributed by atoms with Crippen molar-refractivity contribution in [2.75, 3.05) is 0 Å². The Bertz CT molecular complexity index is 580. The van der Waals surface area contributed by atoms with Crippen molar-refractivity contribution in [1.29, 1.82) is 0 Å². The number of nitrogens with one attached hydrogen (secondary N) is 1. The van der Waals surface area contributed by atoms with Crippen molar-refractivity contribution in [3.63, 3.8) is 0 Å². The molecular formula is C14H19NO4S. The van der Waals surface area contributed by atoms with Gasteiger partial charge in [-0.05, 0) is 43.0 Å². The smallest absolute Gasteiger partial charge is 0.335 e. The van der Waals surface area contributed by atoms with Crippen LogP contribution in [0.3, 0.4) is 0 Å². The maximum absolute atomic E-state index is 12.3. The zero-order chi connectivity index (χ0) is 14.8. The number of hydrogen-bond acceptors (Lipinski definition) is 3. The molecule has 2 rings (SSSR count). The van der Waals surface area contributed by atoms with Gasteiger partial charge in [-0.3, -0.25) is 0 Å². The molecule has 0 bridgehead atoms. The second-order valence-electron chi connectivity index (χ2n) is 5.32. The van der Waals surface area contributed by atoms with Crippen LogP contribution in [-0.4, -0.2) is 25.5 Å². The van der Waals surface area contributed by atoms with E-state index in [4.69, 9.17) is 5.11 Å². The van der Waals surface area contributed by atoms with E-state index in [2.05, 4.69) is 11.6 Å². The number of carboxylic acids is 1. The van der Waals surface area contributed by atoms with Crippen molar-refractivity contribution < 1.29 is 18.3 Å². The summed E-state index contributed by atoms with van der Waals surface area (Å²) in [6.07, 6.45) is 4.07. The number of rotatable bonds is 4. The average Bonchev–Trinajstić information content (AvgIpc) is 2.41. The number of hydrogen-bond donors (Lipinski definition) is 2. The van der Waals surface area contributed by atoms with E-state index in [9.17, 15) is 13.2 Å². The number of sulfonamides is 1. The van der Waals surface area contributed by atoms with Crippen LogP contribution < -0.4 is 4.72 Å². The molecule has 1 aromatic rings. The Morgan fingerprint density at radius 2 is 1.80 bits per heavy atom. The maximum atomic E-state index is 12.3. The molecule has 0 heterocycles. The zero-order valence-corrected chi connectivity index (χ0v) is 12.2. The van der Waals surface area contributed by atoms with Crippen molar-refractivity contribution in [1.82, 2.24) is 4.72 Å². The van der Waals surface area contributed by atoms with Gasteiger partial charge in [-0.15, -0.1) is 0 Å². The lowest BCUT2D eigenvalue weighted by atomic mass is 9.87. The molecule has 1 saturated carbocycles. The summed E-state index contributed by atoms with van der Waals surface area (Å²) < 4.78 is 27.3. The normalized spacial score (nSPS) is 23.4. The van der Waals surface area contributed by atoms with Gasteiger partial charge in [-0.1, -0.05) is 19.8 Å². The Labute approximate surface area is 119 Å². The summed E-state index contributed by atoms with van der Waals surface area (Å²) >= 11 is 0. The van der Waals surface area contributed by atoms with Crippen molar-refractivity contribution in [2.24, 2.45) is 5.92 Å². The molecule has 0 saturated heterocycles. The van der Waals surface area contributed by atoms with Gasteiger partial charge >= 0.3 is 5.97 Å². The predicted molar refractivity (Wildman–Crippen MR) is 75.1 cm³/mol. The van der Waals surface area contributed by atoms with E-state index in [1.54, 1.807) is 0 Å². The minimum Gasteiger partial charge on any atom is -0.478 e. The van der Waals surface area contributed by atoms with Crippen molar-refractivity contribution in [3.05, 3.63) is 29.8 Å². The summed E-state index contributed by atoms with van der Waals surface area (Å²) in [6, 6.07) is 5.24. The summed E-state index contributed by atoms with van der Waals surface area (Å²) in [4.78, 5) is 10.9. The van der Waals surface area contributed by atoms with Gasteiger partial charge in [0.2, 0.25) is 10.0 Å². The molecule has 20 heavy (non-hydrogen) atoms. The molecule has 0 aliphatic heterocycles. The zero-order valence-electron chi connectivity index (χ0n) is 11.4. The Hall–Kier alpha value is -1.40. The highest BCUT2D eigenvalue weighted by atomic mass is 32.2. The van der Waals surface area contributed by atoms with Crippen LogP contribution in [0.5, 0.6) is 0 Å². The summed E-state index contributed by atoms with van der Waals surface area (Å²) in [5.41, 5.74) is 0.0787. The van der Waals surface area contributed by atoms with Gasteiger partial charge < -0.3 is 5.11 Å². The van der Waals surface area contributed by atoms with Gasteiger partial charge in [-0.2, -0.15) is 0 Å². The molecular weight excluding hydrogens is 278 g/mol. The molecule has 1 fully saturated rings. The van der Waals surface area contributed by atoms with Crippen LogP contribution in [0.4, 0.5) is 0 Å². The van der Waals surface area contributed by atoms with Crippen LogP contribution in [0.2, 0.25) is 0 Å². The minimum absolute atomic E-state index is 0.0344. The van der Waals surface area contributed by atoms with Crippen LogP contribution in [-0.2, 0) is 10.0 Å². The maximum Gasteiger partial charge on any atom is 0.335 e. The Balaban J connectivity index is 2.15. The number of carboxylic acid groups (broad SMARTS) is 1. The molecule has 0 amide bonds. The number of aromatic carboxylic acids is 1. The lowest BCUT2D eigenvalue weighted by Crippen LogP contribution is -2.40. The fourth-order valence-electron chi connectivity index (χ4n) is 2.54. The molecule has 0 spiro atoms. The van der Waals surface area contributed by atoms with Crippen LogP contribution in [0.1, 0.15) is 43.0 Å². The Kier molecular flexibility index (Phi) is 4.45. The molecule has 0 aromatic heterocycles. The van der Waals surface area contributed by atoms with Gasteiger partial charge in [0, 0.05) is 6.04 Å². The van der Waals surface area contributed by atoms with Crippen molar-refractivity contribution in [2.45, 2.75) is 43.5 Å². The summed E-state index contributed by atoms with van der Waals surface area (Å²) in [5.74, 6) is -0.736. The van der Waals surface area contributed by atoms with Crippen LogP contribution in [0.25, 0.3) is 0 Å². The van der Waals surface area contributed by atoms with E-state index < -0.39 is 16.0 Å². The highest BCUT2D eigenvalue weighted by Crippen LogP contribution is 2.25. The largest absolute Gasteiger partial charge is 0.478 e. The van der Waals surface area contributed by atoms with Gasteiger partial charge in [-0.25, -0.2) is 17.9 Å². The summed E-state index contributed by atoms with van der Waals surface area (Å²) in [5, 5.41) is 8.81. The molecule has 0 radical (unpaired) electrons. The quantitative estimate of drug-likeness (QED) is 0.892. The van der Waals surface area contributed by atoms with E-state index in [1.807, 2.05) is 0 Å². The highest BCUT2D eigenvalue weighted by molar-refractivity contribution is 7.89. The van der Waals surface area contributed by atoms with E-state index in [-0.39, 0.29) is 16.5 Å². The lowest BCUT2D eigenvalue weighted by Gasteiger charge is -2.29. The molecule has 5 nitrogen and oxygen atoms in total. The average molecular weight is 297 g/mol. The van der Waals surface area contributed by atoms with Crippen LogP contribution in [0.15, 0.2) is 29.2 Å². The third-order valence-corrected chi connectivity index (χ3v) is 5.34. The molecule has 1 aliphatic rings. The second kappa shape index (κ2) is 5.93. The monoisotopic (exact) mass is 297 g/mol. The van der Waals surface area contributed by atoms with Gasteiger partial charge in [0.25, 0.3) is 0 Å². The fraction of sp³-hybridized carbons (Fsp3) is 0.500. The third-order valence-electron chi connectivity index (χ3n) is 3.83. The fourth-order valence-corrected chi connectivity index (χ4v) is 3.91. The van der Waals surface area contributed by atoms with Gasteiger partial charge in [0.15, 0.2) is 0 Å². The predicted octanol–water partition coefficient (Wildman–Crippen LogP) is 2.24. The SMILES string of the molecule is C[C@H]1CCCC[C@@H]1NS(=O)(=O)c1ccc(C(=O)O)cc1. The van der Waals surface area contributed by atoms with Gasteiger partial charge in [0.05, 0.1) is 10.5 Å². The first-order chi connectivity index (χ1) is 9.40. The van der Waals surface area contributed by atoms with E-state index in [1.165, 1.54) is 24.3 Å². The lowest BCUT2D eigenvalue weighted by molar-refractivity contribution is 0.0696. The Morgan fingerprint density at radius 3 is 2.35 bits per heavy atom. The first-order valence-corrected chi connectivity index (χ1v) is 8.24. The number of carbonyl (C=O) groups is 1. The van der Waals surface area contributed by atoms with Gasteiger partial charge in [0.1, 0.15) is 0 Å². The van der Waals surface area contributed by atoms with Crippen molar-refractivity contribution in [3.8, 4) is 0 Å². The molecule has 1 aliphatic carbocycles. The molecule has 0 unspecified atom stereocenters. The van der Waals surface area contributed by atoms with E-state index >= 15 is 0 Å². The molecule has 2 N–H and O–H groups in total. The minimum atomic E-state index is -3.58. The molecule has 1 aromatic carbocycles. The van der Waals surface area contributed by atoms with Crippen molar-refractivity contribution >= 4 is 16.0 Å². The summed E-state index contributed by atoms with van der Waals surface area (Å²) in [6.45, 7) is 2.06. The second-order valence-corrected chi connectivity index (χ2v) is 7.03. The van der Waals surface area contributed by atoms with Crippen LogP contribution in [0, 0.1) is 5.92 Å². The first-order valence-electron chi connectivity index (χ1n) is 6.76. The molecule has 2 atom stereocenters. The van der Waals surface area contributed by atoms with E-state index in [0.717, 1.165) is 25.7 Å². The first kappa shape index (κ1) is 15.0. The summed E-state index contributed by atoms with van der Waals surface area (Å²) in [7, 11) is -3.58. The third kappa shape index (κ3) is 3.37. The molecule has 6 heteroatoms. The topological polar surface area (TPSA) is 83.5 Å². The highest BCUT2D eigenvalue weighted by Gasteiger charge is 2.26. The standard InChI is InChI=1S/C14H19NO4S/c1-10-4-2-3-5-13(10)15-20(18,19)12-8-6-11(7-9-12)14(16)17/h6-10,13,15H,2-5H2,1H3,(H,16,17)/t10-,13-/m0/s1. The van der Waals surface area contributed by atoms with Crippen LogP contribution >= 0.6 is 0 Å².